The van der Waals surface area contributed by atoms with Gasteiger partial charge in [0.15, 0.2) is 0 Å². The van der Waals surface area contributed by atoms with E-state index in [1.54, 1.807) is 11.3 Å². The van der Waals surface area contributed by atoms with E-state index >= 15 is 0 Å². The second kappa shape index (κ2) is 6.19. The van der Waals surface area contributed by atoms with Gasteiger partial charge in [0, 0.05) is 10.8 Å². The molecule has 1 saturated carbocycles. The lowest BCUT2D eigenvalue weighted by molar-refractivity contribution is -0.141. The zero-order chi connectivity index (χ0) is 13.8. The Labute approximate surface area is 116 Å². The number of thiophene rings is 1. The first-order chi connectivity index (χ1) is 9.11. The van der Waals surface area contributed by atoms with Gasteiger partial charge in [0.05, 0.1) is 12.5 Å². The third-order valence-electron chi connectivity index (χ3n) is 3.79. The van der Waals surface area contributed by atoms with Crippen LogP contribution in [0.5, 0.6) is 0 Å². The van der Waals surface area contributed by atoms with E-state index < -0.39 is 5.97 Å². The van der Waals surface area contributed by atoms with E-state index in [4.69, 9.17) is 5.11 Å². The zero-order valence-electron chi connectivity index (χ0n) is 11.0. The van der Waals surface area contributed by atoms with Gasteiger partial charge in [-0.3, -0.25) is 9.59 Å². The molecule has 0 spiro atoms. The van der Waals surface area contributed by atoms with Crippen LogP contribution in [0.3, 0.4) is 0 Å². The maximum Gasteiger partial charge on any atom is 0.306 e. The summed E-state index contributed by atoms with van der Waals surface area (Å²) in [6.45, 7) is 2.66. The average molecular weight is 281 g/mol. The quantitative estimate of drug-likeness (QED) is 0.871. The van der Waals surface area contributed by atoms with Crippen molar-refractivity contribution in [2.45, 2.75) is 39.2 Å². The molecule has 104 valence electrons. The Morgan fingerprint density at radius 2 is 2.16 bits per heavy atom. The first-order valence-corrected chi connectivity index (χ1v) is 7.55. The molecule has 4 nitrogen and oxygen atoms in total. The van der Waals surface area contributed by atoms with E-state index in [2.05, 4.69) is 18.3 Å². The van der Waals surface area contributed by atoms with Crippen molar-refractivity contribution in [3.05, 3.63) is 21.9 Å². The third kappa shape index (κ3) is 3.35. The van der Waals surface area contributed by atoms with Crippen LogP contribution in [0, 0.1) is 11.8 Å². The van der Waals surface area contributed by atoms with Gasteiger partial charge in [-0.1, -0.05) is 6.92 Å². The summed E-state index contributed by atoms with van der Waals surface area (Å²) >= 11 is 1.66. The summed E-state index contributed by atoms with van der Waals surface area (Å²) in [5.74, 6) is -1.25. The molecular formula is C14H19NO3S. The van der Waals surface area contributed by atoms with Crippen molar-refractivity contribution in [2.75, 3.05) is 0 Å². The van der Waals surface area contributed by atoms with Crippen LogP contribution >= 0.6 is 11.3 Å². The van der Waals surface area contributed by atoms with Crippen molar-refractivity contribution in [3.63, 3.8) is 0 Å². The van der Waals surface area contributed by atoms with Crippen LogP contribution < -0.4 is 5.32 Å². The van der Waals surface area contributed by atoms with Crippen LogP contribution in [0.25, 0.3) is 0 Å². The molecule has 0 bridgehead atoms. The van der Waals surface area contributed by atoms with Crippen molar-refractivity contribution in [3.8, 4) is 0 Å². The molecule has 1 aromatic heterocycles. The lowest BCUT2D eigenvalue weighted by Gasteiger charge is -2.10. The van der Waals surface area contributed by atoms with E-state index in [0.717, 1.165) is 6.42 Å². The Kier molecular flexibility index (Phi) is 4.58. The standard InChI is InChI=1S/C14H19NO3S/c1-2-9-5-6-19-12(9)8-15-13(16)10-3-4-11(7-10)14(17)18/h5-6,10-11H,2-4,7-8H2,1H3,(H,15,16)(H,17,18). The van der Waals surface area contributed by atoms with E-state index in [1.165, 1.54) is 10.4 Å². The molecule has 1 heterocycles. The van der Waals surface area contributed by atoms with Crippen molar-refractivity contribution in [1.82, 2.24) is 5.32 Å². The molecule has 2 atom stereocenters. The zero-order valence-corrected chi connectivity index (χ0v) is 11.8. The number of rotatable bonds is 5. The summed E-state index contributed by atoms with van der Waals surface area (Å²) in [4.78, 5) is 24.1. The van der Waals surface area contributed by atoms with Gasteiger partial charge in [0.25, 0.3) is 0 Å². The summed E-state index contributed by atoms with van der Waals surface area (Å²) in [5, 5.41) is 13.9. The van der Waals surface area contributed by atoms with Gasteiger partial charge in [-0.15, -0.1) is 11.3 Å². The number of nitrogens with one attached hydrogen (secondary N) is 1. The van der Waals surface area contributed by atoms with E-state index in [-0.39, 0.29) is 17.7 Å². The van der Waals surface area contributed by atoms with Gasteiger partial charge < -0.3 is 10.4 Å². The Morgan fingerprint density at radius 3 is 2.79 bits per heavy atom. The minimum absolute atomic E-state index is 0.000738. The minimum Gasteiger partial charge on any atom is -0.481 e. The molecule has 1 amide bonds. The Hall–Kier alpha value is -1.36. The number of hydrogen-bond acceptors (Lipinski definition) is 3. The smallest absolute Gasteiger partial charge is 0.306 e. The molecule has 5 heteroatoms. The Bertz CT molecular complexity index is 469. The van der Waals surface area contributed by atoms with Crippen molar-refractivity contribution in [1.29, 1.82) is 0 Å². The number of aryl methyl sites for hydroxylation is 1. The average Bonchev–Trinajstić information content (AvgIpc) is 3.04. The van der Waals surface area contributed by atoms with Gasteiger partial charge >= 0.3 is 5.97 Å². The summed E-state index contributed by atoms with van der Waals surface area (Å²) in [6.07, 6.45) is 2.76. The SMILES string of the molecule is CCc1ccsc1CNC(=O)C1CCC(C(=O)O)C1. The van der Waals surface area contributed by atoms with E-state index in [9.17, 15) is 9.59 Å². The molecule has 2 N–H and O–H groups in total. The molecule has 2 rings (SSSR count). The molecule has 0 aliphatic heterocycles. The first-order valence-electron chi connectivity index (χ1n) is 6.67. The number of amides is 1. The number of carbonyl (C=O) groups excluding carboxylic acids is 1. The second-order valence-electron chi connectivity index (χ2n) is 4.99. The first kappa shape index (κ1) is 14.1. The van der Waals surface area contributed by atoms with Crippen LogP contribution in [0.15, 0.2) is 11.4 Å². The van der Waals surface area contributed by atoms with Gasteiger partial charge in [-0.05, 0) is 42.7 Å². The fourth-order valence-corrected chi connectivity index (χ4v) is 3.51. The van der Waals surface area contributed by atoms with Crippen molar-refractivity contribution >= 4 is 23.2 Å². The van der Waals surface area contributed by atoms with Crippen LogP contribution in [-0.2, 0) is 22.6 Å². The molecule has 0 radical (unpaired) electrons. The molecule has 1 aliphatic rings. The number of carboxylic acids is 1. The number of carbonyl (C=O) groups is 2. The summed E-state index contributed by atoms with van der Waals surface area (Å²) in [7, 11) is 0. The molecule has 2 unspecified atom stereocenters. The van der Waals surface area contributed by atoms with E-state index in [1.807, 2.05) is 5.38 Å². The number of aliphatic carboxylic acids is 1. The molecule has 1 fully saturated rings. The van der Waals surface area contributed by atoms with Gasteiger partial charge in [0.1, 0.15) is 0 Å². The highest BCUT2D eigenvalue weighted by Gasteiger charge is 2.33. The molecule has 19 heavy (non-hydrogen) atoms. The summed E-state index contributed by atoms with van der Waals surface area (Å²) in [6, 6.07) is 2.09. The fourth-order valence-electron chi connectivity index (χ4n) is 2.59. The molecular weight excluding hydrogens is 262 g/mol. The second-order valence-corrected chi connectivity index (χ2v) is 5.99. The Balaban J connectivity index is 1.84. The fraction of sp³-hybridized carbons (Fsp3) is 0.571. The monoisotopic (exact) mass is 281 g/mol. The highest BCUT2D eigenvalue weighted by atomic mass is 32.1. The molecule has 1 aliphatic carbocycles. The predicted molar refractivity (Wildman–Crippen MR) is 74.0 cm³/mol. The largest absolute Gasteiger partial charge is 0.481 e. The predicted octanol–water partition coefficient (Wildman–Crippen LogP) is 2.43. The molecule has 0 aromatic carbocycles. The highest BCUT2D eigenvalue weighted by molar-refractivity contribution is 7.10. The maximum absolute atomic E-state index is 12.0. The molecule has 1 aromatic rings. The van der Waals surface area contributed by atoms with Crippen molar-refractivity contribution in [2.24, 2.45) is 11.8 Å². The van der Waals surface area contributed by atoms with Crippen LogP contribution in [0.2, 0.25) is 0 Å². The van der Waals surface area contributed by atoms with Gasteiger partial charge in [-0.25, -0.2) is 0 Å². The van der Waals surface area contributed by atoms with Crippen LogP contribution in [0.4, 0.5) is 0 Å². The summed E-state index contributed by atoms with van der Waals surface area (Å²) < 4.78 is 0. The number of carboxylic acid groups (broad SMARTS) is 1. The number of hydrogen-bond donors (Lipinski definition) is 2. The highest BCUT2D eigenvalue weighted by Crippen LogP contribution is 2.31. The maximum atomic E-state index is 12.0. The van der Waals surface area contributed by atoms with Gasteiger partial charge in [0.2, 0.25) is 5.91 Å². The topological polar surface area (TPSA) is 66.4 Å². The van der Waals surface area contributed by atoms with Crippen molar-refractivity contribution < 1.29 is 14.7 Å². The minimum atomic E-state index is -0.776. The summed E-state index contributed by atoms with van der Waals surface area (Å²) in [5.41, 5.74) is 1.28. The lowest BCUT2D eigenvalue weighted by atomic mass is 10.0. The van der Waals surface area contributed by atoms with Crippen LogP contribution in [0.1, 0.15) is 36.6 Å². The third-order valence-corrected chi connectivity index (χ3v) is 4.76. The van der Waals surface area contributed by atoms with E-state index in [0.29, 0.717) is 25.8 Å². The molecule has 0 saturated heterocycles. The van der Waals surface area contributed by atoms with Gasteiger partial charge in [-0.2, -0.15) is 0 Å². The lowest BCUT2D eigenvalue weighted by Crippen LogP contribution is -2.29. The van der Waals surface area contributed by atoms with Crippen LogP contribution in [-0.4, -0.2) is 17.0 Å². The Morgan fingerprint density at radius 1 is 1.42 bits per heavy atom. The normalized spacial score (nSPS) is 22.4.